The van der Waals surface area contributed by atoms with Crippen molar-refractivity contribution in [1.82, 2.24) is 10.3 Å². The summed E-state index contributed by atoms with van der Waals surface area (Å²) in [5.74, 6) is 0.465. The molecule has 2 aromatic heterocycles. The molecule has 2 heterocycles. The summed E-state index contributed by atoms with van der Waals surface area (Å²) in [6, 6.07) is 7.05. The normalized spacial score (nSPS) is 10.1. The number of thioether (sulfide) groups is 1. The summed E-state index contributed by atoms with van der Waals surface area (Å²) in [6.45, 7) is 3.45. The van der Waals surface area contributed by atoms with Gasteiger partial charge >= 0.3 is 0 Å². The number of carbonyl (C=O) groups is 2. The molecule has 6 nitrogen and oxygen atoms in total. The van der Waals surface area contributed by atoms with E-state index < -0.39 is 0 Å². The largest absolute Gasteiger partial charge is 0.467 e. The number of hydrogen-bond acceptors (Lipinski definition) is 6. The van der Waals surface area contributed by atoms with Crippen molar-refractivity contribution in [3.8, 4) is 6.07 Å². The number of furan rings is 1. The van der Waals surface area contributed by atoms with Crippen molar-refractivity contribution >= 4 is 23.5 Å². The highest BCUT2D eigenvalue weighted by Crippen LogP contribution is 2.23. The zero-order chi connectivity index (χ0) is 16.8. The number of nitrogens with zero attached hydrogens (tertiary/aromatic N) is 2. The summed E-state index contributed by atoms with van der Waals surface area (Å²) in [5.41, 5.74) is 1.27. The second-order valence-electron chi connectivity index (χ2n) is 4.79. The lowest BCUT2D eigenvalue weighted by atomic mass is 10.1. The van der Waals surface area contributed by atoms with Crippen molar-refractivity contribution in [2.45, 2.75) is 25.4 Å². The van der Waals surface area contributed by atoms with Gasteiger partial charge in [0.2, 0.25) is 5.91 Å². The van der Waals surface area contributed by atoms with Gasteiger partial charge in [0.15, 0.2) is 5.78 Å². The molecule has 2 rings (SSSR count). The minimum Gasteiger partial charge on any atom is -0.467 e. The number of ketones is 1. The van der Waals surface area contributed by atoms with Crippen LogP contribution in [-0.4, -0.2) is 22.4 Å². The van der Waals surface area contributed by atoms with E-state index in [9.17, 15) is 14.9 Å². The summed E-state index contributed by atoms with van der Waals surface area (Å²) in [6.07, 6.45) is 1.54. The maximum Gasteiger partial charge on any atom is 0.230 e. The van der Waals surface area contributed by atoms with Crippen molar-refractivity contribution in [1.29, 1.82) is 5.26 Å². The highest BCUT2D eigenvalue weighted by Gasteiger charge is 2.14. The molecule has 0 aliphatic heterocycles. The number of nitriles is 1. The molecule has 1 amide bonds. The molecule has 0 unspecified atom stereocenters. The van der Waals surface area contributed by atoms with E-state index >= 15 is 0 Å². The van der Waals surface area contributed by atoms with Crippen molar-refractivity contribution in [3.63, 3.8) is 0 Å². The van der Waals surface area contributed by atoms with Crippen LogP contribution in [0.1, 0.15) is 34.3 Å². The van der Waals surface area contributed by atoms with E-state index in [1.54, 1.807) is 25.3 Å². The lowest BCUT2D eigenvalue weighted by Gasteiger charge is -2.08. The quantitative estimate of drug-likeness (QED) is 0.646. The van der Waals surface area contributed by atoms with Gasteiger partial charge in [0.25, 0.3) is 0 Å². The van der Waals surface area contributed by atoms with Crippen molar-refractivity contribution in [2.24, 2.45) is 0 Å². The molecule has 7 heteroatoms. The van der Waals surface area contributed by atoms with E-state index in [2.05, 4.69) is 10.3 Å². The number of amides is 1. The number of nitrogens with one attached hydrogen (secondary N) is 1. The van der Waals surface area contributed by atoms with Crippen LogP contribution in [0, 0.1) is 18.3 Å². The monoisotopic (exact) mass is 329 g/mol. The molecule has 2 aromatic rings. The molecule has 118 valence electrons. The Morgan fingerprint density at radius 1 is 1.48 bits per heavy atom. The van der Waals surface area contributed by atoms with Crippen LogP contribution in [-0.2, 0) is 11.3 Å². The highest BCUT2D eigenvalue weighted by molar-refractivity contribution is 8.00. The van der Waals surface area contributed by atoms with Gasteiger partial charge in [-0.05, 0) is 32.0 Å². The molecule has 0 aliphatic rings. The summed E-state index contributed by atoms with van der Waals surface area (Å²) in [5, 5.41) is 12.3. The Hall–Kier alpha value is -2.59. The predicted octanol–water partition coefficient (Wildman–Crippen LogP) is 2.47. The van der Waals surface area contributed by atoms with Gasteiger partial charge < -0.3 is 9.73 Å². The Kier molecular flexibility index (Phi) is 5.55. The molecular weight excluding hydrogens is 314 g/mol. The van der Waals surface area contributed by atoms with Gasteiger partial charge in [-0.15, -0.1) is 0 Å². The lowest BCUT2D eigenvalue weighted by molar-refractivity contribution is -0.118. The van der Waals surface area contributed by atoms with Crippen LogP contribution in [0.4, 0.5) is 0 Å². The fraction of sp³-hybridized carbons (Fsp3) is 0.250. The Bertz CT molecular complexity index is 764. The molecule has 0 spiro atoms. The van der Waals surface area contributed by atoms with Gasteiger partial charge in [0.05, 0.1) is 24.1 Å². The van der Waals surface area contributed by atoms with Gasteiger partial charge in [-0.1, -0.05) is 11.8 Å². The molecular formula is C16H15N3O3S. The third kappa shape index (κ3) is 4.44. The first-order valence-corrected chi connectivity index (χ1v) is 7.84. The van der Waals surface area contributed by atoms with E-state index in [0.717, 1.165) is 11.8 Å². The summed E-state index contributed by atoms with van der Waals surface area (Å²) >= 11 is 1.16. The van der Waals surface area contributed by atoms with Gasteiger partial charge in [0, 0.05) is 11.3 Å². The molecule has 0 fully saturated rings. The van der Waals surface area contributed by atoms with E-state index in [-0.39, 0.29) is 17.4 Å². The molecule has 0 saturated carbocycles. The van der Waals surface area contributed by atoms with Crippen molar-refractivity contribution < 1.29 is 14.0 Å². The topological polar surface area (TPSA) is 96.0 Å². The zero-order valence-corrected chi connectivity index (χ0v) is 13.6. The number of pyridine rings is 1. The average molecular weight is 329 g/mol. The number of carbonyl (C=O) groups excluding carboxylic acids is 2. The van der Waals surface area contributed by atoms with Crippen LogP contribution in [0.25, 0.3) is 0 Å². The second-order valence-corrected chi connectivity index (χ2v) is 5.75. The zero-order valence-electron chi connectivity index (χ0n) is 12.8. The third-order valence-corrected chi connectivity index (χ3v) is 4.05. The van der Waals surface area contributed by atoms with Gasteiger partial charge in [0.1, 0.15) is 16.9 Å². The number of aryl methyl sites for hydroxylation is 1. The summed E-state index contributed by atoms with van der Waals surface area (Å²) in [7, 11) is 0. The van der Waals surface area contributed by atoms with E-state index in [4.69, 9.17) is 4.42 Å². The highest BCUT2D eigenvalue weighted by atomic mass is 32.2. The van der Waals surface area contributed by atoms with Crippen LogP contribution in [0.2, 0.25) is 0 Å². The average Bonchev–Trinajstić information content (AvgIpc) is 3.04. The van der Waals surface area contributed by atoms with E-state index in [0.29, 0.717) is 34.2 Å². The standard InChI is InChI=1S/C16H15N3O3S/c1-10-14(11(2)20)6-12(7-17)16(19-10)23-9-15(21)18-8-13-4-3-5-22-13/h3-6H,8-9H2,1-2H3,(H,18,21). The fourth-order valence-electron chi connectivity index (χ4n) is 1.91. The van der Waals surface area contributed by atoms with Gasteiger partial charge in [-0.3, -0.25) is 9.59 Å². The third-order valence-electron chi connectivity index (χ3n) is 3.06. The number of aromatic nitrogens is 1. The van der Waals surface area contributed by atoms with Crippen molar-refractivity contribution in [3.05, 3.63) is 47.0 Å². The first kappa shape index (κ1) is 16.8. The molecule has 1 N–H and O–H groups in total. The maximum absolute atomic E-state index is 11.8. The van der Waals surface area contributed by atoms with Gasteiger partial charge in [-0.2, -0.15) is 5.26 Å². The number of Topliss-reactive ketones (excluding diaryl/α,β-unsaturated/α-hetero) is 1. The maximum atomic E-state index is 11.8. The van der Waals surface area contributed by atoms with E-state index in [1.807, 2.05) is 6.07 Å². The Balaban J connectivity index is 1.99. The van der Waals surface area contributed by atoms with Crippen LogP contribution in [0.3, 0.4) is 0 Å². The summed E-state index contributed by atoms with van der Waals surface area (Å²) in [4.78, 5) is 27.6. The molecule has 0 aliphatic carbocycles. The predicted molar refractivity (Wildman–Crippen MR) is 85.0 cm³/mol. The molecule has 0 saturated heterocycles. The van der Waals surface area contributed by atoms with Crippen LogP contribution in [0.5, 0.6) is 0 Å². The second kappa shape index (κ2) is 7.61. The Morgan fingerprint density at radius 2 is 2.26 bits per heavy atom. The molecule has 23 heavy (non-hydrogen) atoms. The molecule has 0 aromatic carbocycles. The first-order valence-electron chi connectivity index (χ1n) is 6.86. The smallest absolute Gasteiger partial charge is 0.230 e. The SMILES string of the molecule is CC(=O)c1cc(C#N)c(SCC(=O)NCc2ccco2)nc1C. The van der Waals surface area contributed by atoms with Gasteiger partial charge in [-0.25, -0.2) is 4.98 Å². The van der Waals surface area contributed by atoms with Crippen molar-refractivity contribution in [2.75, 3.05) is 5.75 Å². The number of hydrogen-bond donors (Lipinski definition) is 1. The van der Waals surface area contributed by atoms with E-state index in [1.165, 1.54) is 13.0 Å². The first-order chi connectivity index (χ1) is 11.0. The minimum absolute atomic E-state index is 0.126. The minimum atomic E-state index is -0.189. The van der Waals surface area contributed by atoms with Crippen LogP contribution >= 0.6 is 11.8 Å². The molecule has 0 radical (unpaired) electrons. The van der Waals surface area contributed by atoms with Crippen LogP contribution < -0.4 is 5.32 Å². The lowest BCUT2D eigenvalue weighted by Crippen LogP contribution is -2.24. The molecule has 0 bridgehead atoms. The summed E-state index contributed by atoms with van der Waals surface area (Å²) < 4.78 is 5.13. The fourth-order valence-corrected chi connectivity index (χ4v) is 2.75. The van der Waals surface area contributed by atoms with Crippen LogP contribution in [0.15, 0.2) is 33.9 Å². The molecule has 0 atom stereocenters. The Labute approximate surface area is 137 Å². The Morgan fingerprint density at radius 3 is 2.87 bits per heavy atom. The number of rotatable bonds is 6.